The first-order valence-electron chi connectivity index (χ1n) is 7.15. The van der Waals surface area contributed by atoms with Gasteiger partial charge in [-0.2, -0.15) is 0 Å². The van der Waals surface area contributed by atoms with Gasteiger partial charge in [-0.05, 0) is 53.6 Å². The third-order valence-corrected chi connectivity index (χ3v) is 4.76. The van der Waals surface area contributed by atoms with Crippen molar-refractivity contribution in [2.24, 2.45) is 11.8 Å². The van der Waals surface area contributed by atoms with E-state index in [0.717, 1.165) is 22.6 Å². The molecule has 0 bridgehead atoms. The lowest BCUT2D eigenvalue weighted by atomic mass is 9.82. The highest BCUT2D eigenvalue weighted by Gasteiger charge is 2.20. The predicted molar refractivity (Wildman–Crippen MR) is 85.1 cm³/mol. The Morgan fingerprint density at radius 1 is 1.45 bits per heavy atom. The van der Waals surface area contributed by atoms with Crippen molar-refractivity contribution in [3.05, 3.63) is 32.3 Å². The van der Waals surface area contributed by atoms with Gasteiger partial charge < -0.3 is 5.32 Å². The minimum Gasteiger partial charge on any atom is -0.384 e. The molecule has 0 radical (unpaired) electrons. The van der Waals surface area contributed by atoms with E-state index >= 15 is 0 Å². The fraction of sp³-hybridized carbons (Fsp3) is 0.600. The summed E-state index contributed by atoms with van der Waals surface area (Å²) in [4.78, 5) is 10.7. The molecular weight excluding hydrogens is 320 g/mol. The van der Waals surface area contributed by atoms with Crippen molar-refractivity contribution in [3.63, 3.8) is 0 Å². The van der Waals surface area contributed by atoms with Crippen LogP contribution in [0.5, 0.6) is 0 Å². The van der Waals surface area contributed by atoms with E-state index in [1.165, 1.54) is 25.7 Å². The minimum atomic E-state index is -0.324. The van der Waals surface area contributed by atoms with E-state index in [-0.39, 0.29) is 10.6 Å². The molecule has 0 aliphatic heterocycles. The molecule has 0 amide bonds. The third kappa shape index (κ3) is 3.72. The Kier molecular flexibility index (Phi) is 5.02. The maximum atomic E-state index is 11.0. The van der Waals surface area contributed by atoms with Gasteiger partial charge in [0.25, 0.3) is 5.69 Å². The molecule has 2 atom stereocenters. The van der Waals surface area contributed by atoms with Crippen molar-refractivity contribution >= 4 is 27.3 Å². The summed E-state index contributed by atoms with van der Waals surface area (Å²) in [5.74, 6) is 1.47. The summed E-state index contributed by atoms with van der Waals surface area (Å²) in [6.45, 7) is 4.96. The Bertz CT molecular complexity index is 505. The first-order valence-corrected chi connectivity index (χ1v) is 7.95. The van der Waals surface area contributed by atoms with Gasteiger partial charge in [-0.3, -0.25) is 10.1 Å². The van der Waals surface area contributed by atoms with E-state index in [9.17, 15) is 10.1 Å². The van der Waals surface area contributed by atoms with Gasteiger partial charge in [0.2, 0.25) is 0 Å². The normalized spacial score (nSPS) is 22.6. The maximum absolute atomic E-state index is 11.0. The van der Waals surface area contributed by atoms with Gasteiger partial charge in [-0.25, -0.2) is 0 Å². The molecule has 0 spiro atoms. The van der Waals surface area contributed by atoms with Gasteiger partial charge in [0, 0.05) is 22.6 Å². The van der Waals surface area contributed by atoms with Crippen LogP contribution >= 0.6 is 15.9 Å². The van der Waals surface area contributed by atoms with E-state index in [1.54, 1.807) is 13.0 Å². The Labute approximate surface area is 128 Å². The summed E-state index contributed by atoms with van der Waals surface area (Å²) in [5, 5.41) is 14.4. The smallest absolute Gasteiger partial charge is 0.274 e. The van der Waals surface area contributed by atoms with Crippen molar-refractivity contribution in [2.45, 2.75) is 39.5 Å². The summed E-state index contributed by atoms with van der Waals surface area (Å²) >= 11 is 3.48. The molecule has 0 heterocycles. The van der Waals surface area contributed by atoms with Crippen molar-refractivity contribution < 1.29 is 4.92 Å². The maximum Gasteiger partial charge on any atom is 0.274 e. The number of nitro benzene ring substituents is 1. The quantitative estimate of drug-likeness (QED) is 0.626. The molecule has 0 saturated heterocycles. The minimum absolute atomic E-state index is 0.174. The molecular formula is C15H21BrN2O2. The zero-order valence-electron chi connectivity index (χ0n) is 12.0. The van der Waals surface area contributed by atoms with Crippen LogP contribution < -0.4 is 5.32 Å². The molecule has 2 rings (SSSR count). The summed E-state index contributed by atoms with van der Waals surface area (Å²) in [5.41, 5.74) is 1.67. The Morgan fingerprint density at radius 2 is 2.20 bits per heavy atom. The number of benzene rings is 1. The molecule has 0 aromatic heterocycles. The number of nitrogens with zero attached hydrogens (tertiary/aromatic N) is 1. The monoisotopic (exact) mass is 340 g/mol. The fourth-order valence-electron chi connectivity index (χ4n) is 2.99. The van der Waals surface area contributed by atoms with Crippen molar-refractivity contribution in [1.29, 1.82) is 0 Å². The van der Waals surface area contributed by atoms with Crippen LogP contribution in [0.2, 0.25) is 0 Å². The van der Waals surface area contributed by atoms with Crippen LogP contribution in [-0.4, -0.2) is 11.5 Å². The molecule has 1 fully saturated rings. The van der Waals surface area contributed by atoms with Crippen LogP contribution in [-0.2, 0) is 0 Å². The van der Waals surface area contributed by atoms with E-state index in [1.807, 2.05) is 6.07 Å². The van der Waals surface area contributed by atoms with Gasteiger partial charge in [-0.1, -0.05) is 19.8 Å². The number of aryl methyl sites for hydroxylation is 1. The molecule has 1 aromatic rings. The second-order valence-electron chi connectivity index (χ2n) is 5.89. The number of rotatable bonds is 4. The highest BCUT2D eigenvalue weighted by molar-refractivity contribution is 9.10. The number of nitrogens with one attached hydrogen (secondary N) is 1. The van der Waals surface area contributed by atoms with Gasteiger partial charge in [-0.15, -0.1) is 0 Å². The van der Waals surface area contributed by atoms with Crippen LogP contribution in [0.15, 0.2) is 16.6 Å². The van der Waals surface area contributed by atoms with Crippen LogP contribution in [0.3, 0.4) is 0 Å². The number of hydrogen-bond donors (Lipinski definition) is 1. The Balaban J connectivity index is 2.05. The number of halogens is 1. The molecule has 4 nitrogen and oxygen atoms in total. The standard InChI is InChI=1S/C15H21BrN2O2/c1-10-4-3-5-12(6-10)9-17-14-8-15(18(19)20)11(2)7-13(14)16/h7-8,10,12,17H,3-6,9H2,1-2H3. The van der Waals surface area contributed by atoms with Crippen molar-refractivity contribution in [2.75, 3.05) is 11.9 Å². The zero-order chi connectivity index (χ0) is 14.7. The molecule has 1 aromatic carbocycles. The molecule has 1 aliphatic rings. The number of hydrogen-bond acceptors (Lipinski definition) is 3. The Hall–Kier alpha value is -1.10. The fourth-order valence-corrected chi connectivity index (χ4v) is 3.59. The van der Waals surface area contributed by atoms with Gasteiger partial charge >= 0.3 is 0 Å². The number of anilines is 1. The Morgan fingerprint density at radius 3 is 2.85 bits per heavy atom. The van der Waals surface area contributed by atoms with E-state index in [2.05, 4.69) is 28.2 Å². The molecule has 20 heavy (non-hydrogen) atoms. The van der Waals surface area contributed by atoms with Gasteiger partial charge in [0.1, 0.15) is 0 Å². The molecule has 110 valence electrons. The summed E-state index contributed by atoms with van der Waals surface area (Å²) in [6.07, 6.45) is 5.13. The number of nitro groups is 1. The summed E-state index contributed by atoms with van der Waals surface area (Å²) in [7, 11) is 0. The lowest BCUT2D eigenvalue weighted by Gasteiger charge is -2.27. The second kappa shape index (κ2) is 6.57. The van der Waals surface area contributed by atoms with Crippen molar-refractivity contribution in [3.8, 4) is 0 Å². The SMILES string of the molecule is Cc1cc(Br)c(NCC2CCCC(C)C2)cc1[N+](=O)[O-]. The van der Waals surface area contributed by atoms with Gasteiger partial charge in [0.05, 0.1) is 10.6 Å². The first kappa shape index (κ1) is 15.3. The second-order valence-corrected chi connectivity index (χ2v) is 6.75. The van der Waals surface area contributed by atoms with E-state index < -0.39 is 0 Å². The summed E-state index contributed by atoms with van der Waals surface area (Å²) < 4.78 is 0.893. The van der Waals surface area contributed by atoms with E-state index in [4.69, 9.17) is 0 Å². The zero-order valence-corrected chi connectivity index (χ0v) is 13.6. The molecule has 1 N–H and O–H groups in total. The lowest BCUT2D eigenvalue weighted by molar-refractivity contribution is -0.385. The van der Waals surface area contributed by atoms with Crippen molar-refractivity contribution in [1.82, 2.24) is 0 Å². The molecule has 1 saturated carbocycles. The predicted octanol–water partition coefficient (Wildman–Crippen LogP) is 4.90. The van der Waals surface area contributed by atoms with E-state index in [0.29, 0.717) is 11.5 Å². The average molecular weight is 341 g/mol. The topological polar surface area (TPSA) is 55.2 Å². The molecule has 1 aliphatic carbocycles. The third-order valence-electron chi connectivity index (χ3n) is 4.11. The van der Waals surface area contributed by atoms with Crippen LogP contribution in [0.4, 0.5) is 11.4 Å². The molecule has 5 heteroatoms. The first-order chi connectivity index (χ1) is 9.47. The van der Waals surface area contributed by atoms with Crippen LogP contribution in [0.1, 0.15) is 38.2 Å². The summed E-state index contributed by atoms with van der Waals surface area (Å²) in [6, 6.07) is 3.44. The van der Waals surface area contributed by atoms with Gasteiger partial charge in [0.15, 0.2) is 0 Å². The van der Waals surface area contributed by atoms with Crippen LogP contribution in [0.25, 0.3) is 0 Å². The largest absolute Gasteiger partial charge is 0.384 e. The molecule has 2 unspecified atom stereocenters. The highest BCUT2D eigenvalue weighted by Crippen LogP contribution is 2.32. The average Bonchev–Trinajstić information content (AvgIpc) is 2.37. The highest BCUT2D eigenvalue weighted by atomic mass is 79.9. The van der Waals surface area contributed by atoms with Crippen LogP contribution in [0, 0.1) is 28.9 Å². The lowest BCUT2D eigenvalue weighted by Crippen LogP contribution is -2.21.